The second-order valence-electron chi connectivity index (χ2n) is 4.55. The van der Waals surface area contributed by atoms with Crippen molar-refractivity contribution in [1.82, 2.24) is 4.98 Å². The molecule has 1 aromatic carbocycles. The highest BCUT2D eigenvalue weighted by Crippen LogP contribution is 2.32. The summed E-state index contributed by atoms with van der Waals surface area (Å²) in [6, 6.07) is 6.19. The van der Waals surface area contributed by atoms with E-state index in [1.54, 1.807) is 12.1 Å². The van der Waals surface area contributed by atoms with Crippen molar-refractivity contribution in [3.05, 3.63) is 40.7 Å². The van der Waals surface area contributed by atoms with Gasteiger partial charge in [-0.25, -0.2) is 9.37 Å². The Morgan fingerprint density at radius 2 is 1.95 bits per heavy atom. The summed E-state index contributed by atoms with van der Waals surface area (Å²) in [6.45, 7) is 4.01. The monoisotopic (exact) mass is 278 g/mol. The highest BCUT2D eigenvalue weighted by Gasteiger charge is 2.16. The van der Waals surface area contributed by atoms with E-state index in [9.17, 15) is 9.18 Å². The highest BCUT2D eigenvalue weighted by atomic mass is 32.1. The van der Waals surface area contributed by atoms with E-state index in [-0.39, 0.29) is 11.7 Å². The second-order valence-corrected chi connectivity index (χ2v) is 5.56. The minimum atomic E-state index is -0.271. The van der Waals surface area contributed by atoms with Crippen LogP contribution in [0.25, 0.3) is 0 Å². The molecule has 0 saturated carbocycles. The lowest BCUT2D eigenvalue weighted by Crippen LogP contribution is -2.09. The van der Waals surface area contributed by atoms with E-state index >= 15 is 0 Å². The Balaban J connectivity index is 2.36. The van der Waals surface area contributed by atoms with Crippen LogP contribution in [-0.4, -0.2) is 18.3 Å². The topological polar surface area (TPSA) is 33.2 Å². The molecule has 100 valence electrons. The van der Waals surface area contributed by atoms with Crippen LogP contribution < -0.4 is 4.90 Å². The molecule has 0 aliphatic rings. The first-order valence-corrected chi connectivity index (χ1v) is 6.79. The number of aldehydes is 1. The minimum Gasteiger partial charge on any atom is -0.321 e. The molecule has 3 nitrogen and oxygen atoms in total. The molecule has 0 aliphatic carbocycles. The molecule has 2 aromatic rings. The Morgan fingerprint density at radius 3 is 2.42 bits per heavy atom. The number of carbonyl (C=O) groups excluding carboxylic acids is 1. The SMILES string of the molecule is CC(C)c1nc(N(C)c2ccc(F)cc2)sc1C=O. The number of rotatable bonds is 4. The molecule has 0 radical (unpaired) electrons. The summed E-state index contributed by atoms with van der Waals surface area (Å²) in [4.78, 5) is 18.1. The Kier molecular flexibility index (Phi) is 3.95. The lowest BCUT2D eigenvalue weighted by molar-refractivity contribution is 0.112. The molecule has 0 N–H and O–H groups in total. The Labute approximate surface area is 115 Å². The van der Waals surface area contributed by atoms with Gasteiger partial charge in [0.15, 0.2) is 11.4 Å². The van der Waals surface area contributed by atoms with Gasteiger partial charge in [-0.3, -0.25) is 4.79 Å². The maximum atomic E-state index is 12.9. The summed E-state index contributed by atoms with van der Waals surface area (Å²) in [5.74, 6) is -0.0699. The van der Waals surface area contributed by atoms with Crippen molar-refractivity contribution in [3.63, 3.8) is 0 Å². The van der Waals surface area contributed by atoms with Crippen molar-refractivity contribution in [1.29, 1.82) is 0 Å². The van der Waals surface area contributed by atoms with Crippen LogP contribution in [0.1, 0.15) is 35.1 Å². The quantitative estimate of drug-likeness (QED) is 0.793. The van der Waals surface area contributed by atoms with Gasteiger partial charge in [0, 0.05) is 12.7 Å². The molecule has 19 heavy (non-hydrogen) atoms. The van der Waals surface area contributed by atoms with Crippen molar-refractivity contribution >= 4 is 28.4 Å². The number of hydrogen-bond acceptors (Lipinski definition) is 4. The number of halogens is 1. The number of benzene rings is 1. The molecule has 0 saturated heterocycles. The zero-order valence-electron chi connectivity index (χ0n) is 11.1. The number of hydrogen-bond donors (Lipinski definition) is 0. The molecule has 2 rings (SSSR count). The largest absolute Gasteiger partial charge is 0.321 e. The van der Waals surface area contributed by atoms with Crippen LogP contribution in [0.5, 0.6) is 0 Å². The van der Waals surface area contributed by atoms with Crippen molar-refractivity contribution in [2.75, 3.05) is 11.9 Å². The third kappa shape index (κ3) is 2.81. The Bertz CT molecular complexity index is 578. The molecule has 5 heteroatoms. The van der Waals surface area contributed by atoms with Gasteiger partial charge in [-0.05, 0) is 30.2 Å². The van der Waals surface area contributed by atoms with Crippen LogP contribution in [0.4, 0.5) is 15.2 Å². The van der Waals surface area contributed by atoms with Gasteiger partial charge in [0.25, 0.3) is 0 Å². The van der Waals surface area contributed by atoms with E-state index in [4.69, 9.17) is 0 Å². The molecule has 0 amide bonds. The maximum absolute atomic E-state index is 12.9. The summed E-state index contributed by atoms with van der Waals surface area (Å²) in [7, 11) is 1.85. The first-order chi connectivity index (χ1) is 9.02. The first-order valence-electron chi connectivity index (χ1n) is 5.98. The standard InChI is InChI=1S/C14H15FN2OS/c1-9(2)13-12(8-18)19-14(16-13)17(3)11-6-4-10(15)5-7-11/h4-9H,1-3H3. The molecule has 1 aromatic heterocycles. The van der Waals surface area contributed by atoms with E-state index in [1.807, 2.05) is 25.8 Å². The van der Waals surface area contributed by atoms with Gasteiger partial charge in [0.05, 0.1) is 10.6 Å². The fourth-order valence-electron chi connectivity index (χ4n) is 1.75. The zero-order chi connectivity index (χ0) is 14.0. The summed E-state index contributed by atoms with van der Waals surface area (Å²) >= 11 is 1.35. The molecular formula is C14H15FN2OS. The van der Waals surface area contributed by atoms with E-state index < -0.39 is 0 Å². The fourth-order valence-corrected chi connectivity index (χ4v) is 2.77. The third-order valence-electron chi connectivity index (χ3n) is 2.82. The van der Waals surface area contributed by atoms with Crippen molar-refractivity contribution in [2.24, 2.45) is 0 Å². The zero-order valence-corrected chi connectivity index (χ0v) is 11.9. The first kappa shape index (κ1) is 13.7. The number of anilines is 2. The molecule has 0 fully saturated rings. The lowest BCUT2D eigenvalue weighted by atomic mass is 10.1. The van der Waals surface area contributed by atoms with Gasteiger partial charge in [0.1, 0.15) is 5.82 Å². The van der Waals surface area contributed by atoms with E-state index in [0.29, 0.717) is 4.88 Å². The van der Waals surface area contributed by atoms with Crippen LogP contribution in [0.3, 0.4) is 0 Å². The molecule has 0 unspecified atom stereocenters. The van der Waals surface area contributed by atoms with Crippen LogP contribution in [0.2, 0.25) is 0 Å². The number of carbonyl (C=O) groups is 1. The summed E-state index contributed by atoms with van der Waals surface area (Å²) < 4.78 is 12.9. The summed E-state index contributed by atoms with van der Waals surface area (Å²) in [6.07, 6.45) is 0.842. The van der Waals surface area contributed by atoms with Crippen molar-refractivity contribution in [3.8, 4) is 0 Å². The molecular weight excluding hydrogens is 263 g/mol. The van der Waals surface area contributed by atoms with Crippen molar-refractivity contribution < 1.29 is 9.18 Å². The van der Waals surface area contributed by atoms with Gasteiger partial charge in [-0.1, -0.05) is 25.2 Å². The smallest absolute Gasteiger partial charge is 0.190 e. The molecule has 1 heterocycles. The van der Waals surface area contributed by atoms with Gasteiger partial charge < -0.3 is 4.90 Å². The average molecular weight is 278 g/mol. The van der Waals surface area contributed by atoms with E-state index in [2.05, 4.69) is 4.98 Å². The van der Waals surface area contributed by atoms with E-state index in [1.165, 1.54) is 23.5 Å². The number of thiazole rings is 1. The van der Waals surface area contributed by atoms with Crippen LogP contribution in [0.15, 0.2) is 24.3 Å². The lowest BCUT2D eigenvalue weighted by Gasteiger charge is -2.15. The predicted octanol–water partition coefficient (Wildman–Crippen LogP) is 3.99. The number of nitrogens with zero attached hydrogens (tertiary/aromatic N) is 2. The van der Waals surface area contributed by atoms with Crippen LogP contribution >= 0.6 is 11.3 Å². The fraction of sp³-hybridized carbons (Fsp3) is 0.286. The normalized spacial score (nSPS) is 10.8. The summed E-state index contributed by atoms with van der Waals surface area (Å²) in [5, 5.41) is 0.734. The Morgan fingerprint density at radius 1 is 1.32 bits per heavy atom. The van der Waals surface area contributed by atoms with Crippen molar-refractivity contribution in [2.45, 2.75) is 19.8 Å². The molecule has 0 spiro atoms. The molecule has 0 aliphatic heterocycles. The van der Waals surface area contributed by atoms with Gasteiger partial charge in [0.2, 0.25) is 0 Å². The van der Waals surface area contributed by atoms with Crippen LogP contribution in [0, 0.1) is 5.82 Å². The maximum Gasteiger partial charge on any atom is 0.190 e. The van der Waals surface area contributed by atoms with Gasteiger partial charge in [-0.2, -0.15) is 0 Å². The van der Waals surface area contributed by atoms with Crippen LogP contribution in [-0.2, 0) is 0 Å². The second kappa shape index (κ2) is 5.48. The highest BCUT2D eigenvalue weighted by molar-refractivity contribution is 7.17. The predicted molar refractivity (Wildman–Crippen MR) is 76.1 cm³/mol. The number of aromatic nitrogens is 1. The average Bonchev–Trinajstić information content (AvgIpc) is 2.83. The molecule has 0 bridgehead atoms. The van der Waals surface area contributed by atoms with Gasteiger partial charge in [-0.15, -0.1) is 0 Å². The molecule has 0 atom stereocenters. The van der Waals surface area contributed by atoms with E-state index in [0.717, 1.165) is 22.8 Å². The summed E-state index contributed by atoms with van der Waals surface area (Å²) in [5.41, 5.74) is 1.65. The minimum absolute atomic E-state index is 0.201. The third-order valence-corrected chi connectivity index (χ3v) is 3.90. The Hall–Kier alpha value is -1.75. The van der Waals surface area contributed by atoms with Gasteiger partial charge >= 0.3 is 0 Å².